The number of pyridine rings is 1. The molecule has 0 bridgehead atoms. The fourth-order valence-corrected chi connectivity index (χ4v) is 7.57. The van der Waals surface area contributed by atoms with Crippen molar-refractivity contribution in [2.75, 3.05) is 37.7 Å². The van der Waals surface area contributed by atoms with Crippen LogP contribution in [0.1, 0.15) is 37.7 Å². The molecule has 12 heteroatoms. The molecular formula is C33H30F3N5O4. The summed E-state index contributed by atoms with van der Waals surface area (Å²) in [6, 6.07) is 5.20. The summed E-state index contributed by atoms with van der Waals surface area (Å²) in [5, 5.41) is 21.5. The first-order valence-corrected chi connectivity index (χ1v) is 15.2. The molecule has 4 aliphatic rings. The monoisotopic (exact) mass is 617 g/mol. The Morgan fingerprint density at radius 2 is 1.98 bits per heavy atom. The van der Waals surface area contributed by atoms with Crippen LogP contribution in [0.3, 0.4) is 0 Å². The lowest BCUT2D eigenvalue weighted by molar-refractivity contribution is 0.0721. The van der Waals surface area contributed by atoms with Crippen LogP contribution in [0.2, 0.25) is 0 Å². The Kier molecular flexibility index (Phi) is 6.48. The van der Waals surface area contributed by atoms with Gasteiger partial charge in [0, 0.05) is 30.0 Å². The van der Waals surface area contributed by atoms with Gasteiger partial charge in [0.15, 0.2) is 5.82 Å². The van der Waals surface area contributed by atoms with Gasteiger partial charge in [0.2, 0.25) is 5.88 Å². The smallest absolute Gasteiger partial charge is 0.319 e. The van der Waals surface area contributed by atoms with Crippen molar-refractivity contribution in [3.63, 3.8) is 0 Å². The molecule has 0 unspecified atom stereocenters. The number of nitrogens with zero attached hydrogens (tertiary/aromatic N) is 5. The number of aliphatic hydroxyl groups is 1. The molecule has 232 valence electrons. The molecule has 9 nitrogen and oxygen atoms in total. The molecule has 3 aliphatic heterocycles. The van der Waals surface area contributed by atoms with Crippen LogP contribution in [0.25, 0.3) is 32.9 Å². The second kappa shape index (κ2) is 10.4. The third kappa shape index (κ3) is 4.43. The number of fused-ring (bicyclic) bond motifs is 2. The van der Waals surface area contributed by atoms with E-state index >= 15 is 4.39 Å². The van der Waals surface area contributed by atoms with Gasteiger partial charge in [-0.05, 0) is 55.8 Å². The minimum Gasteiger partial charge on any atom is -0.508 e. The largest absolute Gasteiger partial charge is 0.508 e. The minimum absolute atomic E-state index is 0.0644. The van der Waals surface area contributed by atoms with Crippen LogP contribution in [0.4, 0.5) is 19.0 Å². The first-order chi connectivity index (χ1) is 21.7. The lowest BCUT2D eigenvalue weighted by Gasteiger charge is -2.41. The highest BCUT2D eigenvalue weighted by molar-refractivity contribution is 6.04. The van der Waals surface area contributed by atoms with E-state index < -0.39 is 29.4 Å². The van der Waals surface area contributed by atoms with Crippen LogP contribution in [0.5, 0.6) is 17.6 Å². The Morgan fingerprint density at radius 3 is 2.78 bits per heavy atom. The van der Waals surface area contributed by atoms with E-state index in [9.17, 15) is 19.0 Å². The van der Waals surface area contributed by atoms with Crippen LogP contribution in [0, 0.1) is 24.0 Å². The number of benzene rings is 2. The fraction of sp³-hybridized carbons (Fsp3) is 0.424. The molecule has 1 aliphatic carbocycles. The summed E-state index contributed by atoms with van der Waals surface area (Å²) in [6.45, 7) is 1.86. The molecule has 3 fully saturated rings. The Hall–Kier alpha value is -4.34. The number of aromatic nitrogens is 3. The molecule has 0 spiro atoms. The summed E-state index contributed by atoms with van der Waals surface area (Å²) in [4.78, 5) is 17.9. The molecule has 5 heterocycles. The number of aliphatic hydroxyl groups excluding tert-OH is 1. The van der Waals surface area contributed by atoms with Crippen molar-refractivity contribution in [1.29, 1.82) is 0 Å². The zero-order valence-electron chi connectivity index (χ0n) is 24.3. The SMILES string of the molecule is C#Cc1c(F)ccc2cc(O)cc(-c3nc4c5c(nc(OC[C@@]67CCCN6C[C@H](F)C7)nc5c3F)N(C3CC(O)C3)CCO4)c12. The Bertz CT molecular complexity index is 1910. The quantitative estimate of drug-likeness (QED) is 0.314. The summed E-state index contributed by atoms with van der Waals surface area (Å²) >= 11 is 0. The van der Waals surface area contributed by atoms with Crippen molar-refractivity contribution < 1.29 is 32.9 Å². The van der Waals surface area contributed by atoms with Gasteiger partial charge in [0.25, 0.3) is 0 Å². The first-order valence-electron chi connectivity index (χ1n) is 15.2. The highest BCUT2D eigenvalue weighted by atomic mass is 19.1. The van der Waals surface area contributed by atoms with Gasteiger partial charge in [-0.25, -0.2) is 18.2 Å². The van der Waals surface area contributed by atoms with Crippen molar-refractivity contribution in [3.8, 4) is 41.2 Å². The number of rotatable bonds is 5. The number of phenols is 1. The van der Waals surface area contributed by atoms with Gasteiger partial charge in [-0.3, -0.25) is 4.90 Å². The van der Waals surface area contributed by atoms with Crippen molar-refractivity contribution in [2.24, 2.45) is 0 Å². The van der Waals surface area contributed by atoms with Crippen LogP contribution < -0.4 is 14.4 Å². The number of terminal acetylenes is 1. The van der Waals surface area contributed by atoms with E-state index in [4.69, 9.17) is 20.9 Å². The highest BCUT2D eigenvalue weighted by Gasteiger charge is 2.49. The van der Waals surface area contributed by atoms with Crippen molar-refractivity contribution >= 4 is 27.5 Å². The maximum absolute atomic E-state index is 16.9. The van der Waals surface area contributed by atoms with E-state index in [0.717, 1.165) is 19.4 Å². The summed E-state index contributed by atoms with van der Waals surface area (Å²) in [7, 11) is 0. The molecule has 8 rings (SSSR count). The molecule has 2 aromatic carbocycles. The van der Waals surface area contributed by atoms with E-state index in [0.29, 0.717) is 43.6 Å². The van der Waals surface area contributed by atoms with Gasteiger partial charge in [-0.1, -0.05) is 12.0 Å². The van der Waals surface area contributed by atoms with Gasteiger partial charge in [0.05, 0.1) is 23.8 Å². The normalized spacial score (nSPS) is 25.9. The van der Waals surface area contributed by atoms with Crippen LogP contribution in [0.15, 0.2) is 24.3 Å². The number of halogens is 3. The average Bonchev–Trinajstić information content (AvgIpc) is 3.46. The van der Waals surface area contributed by atoms with E-state index in [1.807, 2.05) is 4.90 Å². The Labute approximate surface area is 256 Å². The first kappa shape index (κ1) is 28.2. The maximum Gasteiger partial charge on any atom is 0.319 e. The summed E-state index contributed by atoms with van der Waals surface area (Å²) in [6.07, 6.45) is 7.36. The summed E-state index contributed by atoms with van der Waals surface area (Å²) < 4.78 is 58.4. The standard InChI is InChI=1S/C33H30F3N5O4/c1-2-22-24(35)5-4-17-10-20(42)13-23(25(17)22)28-27(36)29-26-30(41(19-11-21(43)12-19)8-9-44-31(26)37-28)39-32(38-29)45-16-33-6-3-7-40(33)15-18(34)14-33/h1,4-5,10,13,18-19,21,42-43H,3,6-9,11-12,14-16H2/t18-,19?,21?,33+/m1/s1. The summed E-state index contributed by atoms with van der Waals surface area (Å²) in [5.74, 6) is 1.06. The zero-order chi connectivity index (χ0) is 31.0. The maximum atomic E-state index is 16.9. The van der Waals surface area contributed by atoms with E-state index in [2.05, 4.69) is 20.8 Å². The fourth-order valence-electron chi connectivity index (χ4n) is 7.57. The lowest BCUT2D eigenvalue weighted by atomic mass is 9.88. The molecule has 2 saturated heterocycles. The molecule has 2 N–H and O–H groups in total. The average molecular weight is 618 g/mol. The second-order valence-electron chi connectivity index (χ2n) is 12.5. The number of alkyl halides is 1. The zero-order valence-corrected chi connectivity index (χ0v) is 24.3. The van der Waals surface area contributed by atoms with Crippen LogP contribution in [-0.4, -0.2) is 86.8 Å². The van der Waals surface area contributed by atoms with Crippen molar-refractivity contribution in [3.05, 3.63) is 41.5 Å². The Balaban J connectivity index is 1.32. The molecule has 0 radical (unpaired) electrons. The van der Waals surface area contributed by atoms with Gasteiger partial charge in [-0.2, -0.15) is 9.97 Å². The number of phenolic OH excluding ortho intramolecular Hbond substituents is 1. The predicted octanol–water partition coefficient (Wildman–Crippen LogP) is 4.49. The Morgan fingerprint density at radius 1 is 1.13 bits per heavy atom. The van der Waals surface area contributed by atoms with Gasteiger partial charge < -0.3 is 24.6 Å². The third-order valence-corrected chi connectivity index (χ3v) is 9.77. The number of aromatic hydroxyl groups is 1. The van der Waals surface area contributed by atoms with E-state index in [1.165, 1.54) is 24.3 Å². The summed E-state index contributed by atoms with van der Waals surface area (Å²) in [5.41, 5.74) is -0.868. The van der Waals surface area contributed by atoms with Gasteiger partial charge >= 0.3 is 6.01 Å². The molecule has 45 heavy (non-hydrogen) atoms. The second-order valence-corrected chi connectivity index (χ2v) is 12.5. The number of hydrogen-bond acceptors (Lipinski definition) is 9. The van der Waals surface area contributed by atoms with E-state index in [-0.39, 0.29) is 70.0 Å². The predicted molar refractivity (Wildman–Crippen MR) is 160 cm³/mol. The van der Waals surface area contributed by atoms with Gasteiger partial charge in [0.1, 0.15) is 53.4 Å². The number of anilines is 1. The lowest BCUT2D eigenvalue weighted by Crippen LogP contribution is -2.48. The number of ether oxygens (including phenoxy) is 2. The molecule has 2 atom stereocenters. The highest BCUT2D eigenvalue weighted by Crippen LogP contribution is 2.45. The topological polar surface area (TPSA) is 104 Å². The molecule has 4 aromatic rings. The molecule has 0 amide bonds. The molecular weight excluding hydrogens is 587 g/mol. The van der Waals surface area contributed by atoms with Crippen LogP contribution >= 0.6 is 0 Å². The van der Waals surface area contributed by atoms with Gasteiger partial charge in [-0.15, -0.1) is 6.42 Å². The van der Waals surface area contributed by atoms with Crippen LogP contribution in [-0.2, 0) is 0 Å². The molecule has 2 aromatic heterocycles. The third-order valence-electron chi connectivity index (χ3n) is 9.77. The number of hydrogen-bond donors (Lipinski definition) is 2. The van der Waals surface area contributed by atoms with Crippen molar-refractivity contribution in [2.45, 2.75) is 56.0 Å². The van der Waals surface area contributed by atoms with Crippen molar-refractivity contribution in [1.82, 2.24) is 19.9 Å². The minimum atomic E-state index is -0.947. The molecule has 1 saturated carbocycles. The van der Waals surface area contributed by atoms with E-state index in [1.54, 1.807) is 0 Å².